The molecule has 41 heavy (non-hydrogen) atoms. The molecular formula is C30H22ClF3N2O4S. The van der Waals surface area contributed by atoms with Crippen LogP contribution in [0, 0.1) is 0 Å². The van der Waals surface area contributed by atoms with Crippen molar-refractivity contribution in [1.82, 2.24) is 9.29 Å². The molecule has 0 aliphatic heterocycles. The second-order valence-electron chi connectivity index (χ2n) is 9.14. The van der Waals surface area contributed by atoms with Crippen LogP contribution in [-0.2, 0) is 22.7 Å². The Bertz CT molecular complexity index is 1850. The third-order valence-corrected chi connectivity index (χ3v) is 8.11. The summed E-state index contributed by atoms with van der Waals surface area (Å²) in [4.78, 5) is 13.7. The molecule has 4 aromatic carbocycles. The number of aromatic nitrogens is 1. The van der Waals surface area contributed by atoms with Crippen LogP contribution < -0.4 is 9.46 Å². The number of halogens is 4. The average Bonchev–Trinajstić information content (AvgIpc) is 3.27. The van der Waals surface area contributed by atoms with Crippen LogP contribution in [0.4, 0.5) is 13.2 Å². The van der Waals surface area contributed by atoms with Gasteiger partial charge in [-0.2, -0.15) is 13.2 Å². The number of amides is 1. The van der Waals surface area contributed by atoms with E-state index in [2.05, 4.69) is 4.72 Å². The van der Waals surface area contributed by atoms with Crippen molar-refractivity contribution in [3.63, 3.8) is 0 Å². The van der Waals surface area contributed by atoms with Crippen molar-refractivity contribution < 1.29 is 31.1 Å². The lowest BCUT2D eigenvalue weighted by Crippen LogP contribution is -2.32. The van der Waals surface area contributed by atoms with Gasteiger partial charge in [0.15, 0.2) is 0 Å². The molecule has 0 aliphatic carbocycles. The zero-order chi connectivity index (χ0) is 29.4. The standard InChI is InChI=1S/C30H22ClF3N2O4S/c1-40-23-13-9-20(10-14-23)27-25-7-2-3-8-26(25)36(18-19-5-4-6-21(17-19)30(32,33)34)28(27)29(37)35-41(38,39)24-15-11-22(31)12-16-24/h2-17H,18H2,1H3,(H,35,37). The number of alkyl halides is 3. The molecule has 0 aliphatic rings. The van der Waals surface area contributed by atoms with Crippen molar-refractivity contribution in [3.8, 4) is 16.9 Å². The fourth-order valence-corrected chi connectivity index (χ4v) is 5.70. The van der Waals surface area contributed by atoms with Gasteiger partial charge in [0, 0.05) is 28.0 Å². The number of sulfonamides is 1. The van der Waals surface area contributed by atoms with E-state index in [4.69, 9.17) is 16.3 Å². The second kappa shape index (κ2) is 10.9. The number of para-hydroxylation sites is 1. The molecule has 11 heteroatoms. The summed E-state index contributed by atoms with van der Waals surface area (Å²) in [6.07, 6.45) is -4.56. The lowest BCUT2D eigenvalue weighted by atomic mass is 10.0. The summed E-state index contributed by atoms with van der Waals surface area (Å²) in [5.41, 5.74) is 0.934. The molecule has 6 nitrogen and oxygen atoms in total. The van der Waals surface area contributed by atoms with Gasteiger partial charge in [0.05, 0.1) is 17.6 Å². The molecule has 5 rings (SSSR count). The van der Waals surface area contributed by atoms with Crippen LogP contribution in [0.15, 0.2) is 102 Å². The first-order valence-electron chi connectivity index (χ1n) is 12.2. The molecule has 210 valence electrons. The Morgan fingerprint density at radius 3 is 2.27 bits per heavy atom. The SMILES string of the molecule is COc1ccc(-c2c(C(=O)NS(=O)(=O)c3ccc(Cl)cc3)n(Cc3cccc(C(F)(F)F)c3)c3ccccc23)cc1. The van der Waals surface area contributed by atoms with Crippen molar-refractivity contribution >= 4 is 38.4 Å². The van der Waals surface area contributed by atoms with Gasteiger partial charge >= 0.3 is 6.18 Å². The fraction of sp³-hybridized carbons (Fsp3) is 0.100. The number of fused-ring (bicyclic) bond motifs is 1. The lowest BCUT2D eigenvalue weighted by molar-refractivity contribution is -0.137. The average molecular weight is 599 g/mol. The molecule has 1 aromatic heterocycles. The van der Waals surface area contributed by atoms with Gasteiger partial charge in [-0.3, -0.25) is 4.79 Å². The highest BCUT2D eigenvalue weighted by molar-refractivity contribution is 7.90. The summed E-state index contributed by atoms with van der Waals surface area (Å²) in [7, 11) is -2.82. The van der Waals surface area contributed by atoms with Crippen LogP contribution in [0.5, 0.6) is 5.75 Å². The van der Waals surface area contributed by atoms with E-state index in [-0.39, 0.29) is 22.7 Å². The largest absolute Gasteiger partial charge is 0.497 e. The summed E-state index contributed by atoms with van der Waals surface area (Å²) >= 11 is 5.89. The van der Waals surface area contributed by atoms with E-state index in [1.807, 2.05) is 0 Å². The fourth-order valence-electron chi connectivity index (χ4n) is 4.63. The van der Waals surface area contributed by atoms with E-state index in [1.54, 1.807) is 48.5 Å². The Morgan fingerprint density at radius 2 is 1.61 bits per heavy atom. The first kappa shape index (κ1) is 28.3. The highest BCUT2D eigenvalue weighted by Gasteiger charge is 2.31. The molecule has 0 unspecified atom stereocenters. The van der Waals surface area contributed by atoms with Gasteiger partial charge in [-0.15, -0.1) is 0 Å². The van der Waals surface area contributed by atoms with Gasteiger partial charge < -0.3 is 9.30 Å². The number of rotatable bonds is 7. The Hall–Kier alpha value is -4.28. The molecule has 0 saturated carbocycles. The predicted octanol–water partition coefficient (Wildman–Crippen LogP) is 7.16. The minimum atomic E-state index is -4.56. The molecule has 0 bridgehead atoms. The number of hydrogen-bond donors (Lipinski definition) is 1. The van der Waals surface area contributed by atoms with Gasteiger partial charge in [0.2, 0.25) is 0 Å². The van der Waals surface area contributed by atoms with Gasteiger partial charge in [0.25, 0.3) is 15.9 Å². The monoisotopic (exact) mass is 598 g/mol. The number of methoxy groups -OCH3 is 1. The molecule has 0 spiro atoms. The maximum absolute atomic E-state index is 13.9. The van der Waals surface area contributed by atoms with E-state index in [9.17, 15) is 26.4 Å². The van der Waals surface area contributed by atoms with Crippen molar-refractivity contribution in [3.05, 3.63) is 119 Å². The van der Waals surface area contributed by atoms with Crippen molar-refractivity contribution in [1.29, 1.82) is 0 Å². The van der Waals surface area contributed by atoms with Gasteiger partial charge in [-0.05, 0) is 65.7 Å². The third kappa shape index (κ3) is 5.79. The zero-order valence-electron chi connectivity index (χ0n) is 21.4. The second-order valence-corrected chi connectivity index (χ2v) is 11.3. The molecule has 0 atom stereocenters. The number of nitrogens with one attached hydrogen (secondary N) is 1. The van der Waals surface area contributed by atoms with E-state index < -0.39 is 27.7 Å². The van der Waals surface area contributed by atoms with E-state index >= 15 is 0 Å². The molecule has 1 amide bonds. The Morgan fingerprint density at radius 1 is 0.927 bits per heavy atom. The van der Waals surface area contributed by atoms with Crippen LogP contribution in [0.2, 0.25) is 5.02 Å². The van der Waals surface area contributed by atoms with Crippen LogP contribution in [0.25, 0.3) is 22.0 Å². The number of nitrogens with zero attached hydrogens (tertiary/aromatic N) is 1. The summed E-state index contributed by atoms with van der Waals surface area (Å²) in [6, 6.07) is 23.9. The Kier molecular flexibility index (Phi) is 7.54. The molecule has 5 aromatic rings. The van der Waals surface area contributed by atoms with Gasteiger partial charge in [-0.25, -0.2) is 13.1 Å². The van der Waals surface area contributed by atoms with E-state index in [1.165, 1.54) is 48.1 Å². The highest BCUT2D eigenvalue weighted by atomic mass is 35.5. The van der Waals surface area contributed by atoms with Crippen LogP contribution in [0.1, 0.15) is 21.6 Å². The predicted molar refractivity (Wildman–Crippen MR) is 151 cm³/mol. The van der Waals surface area contributed by atoms with Crippen LogP contribution in [0.3, 0.4) is 0 Å². The molecule has 0 saturated heterocycles. The molecule has 1 heterocycles. The summed E-state index contributed by atoms with van der Waals surface area (Å²) < 4.78 is 75.7. The minimum absolute atomic E-state index is 0.0358. The summed E-state index contributed by atoms with van der Waals surface area (Å²) in [5, 5.41) is 0.928. The minimum Gasteiger partial charge on any atom is -0.497 e. The number of carbonyl (C=O) groups excluding carboxylic acids is 1. The van der Waals surface area contributed by atoms with Crippen molar-refractivity contribution in [2.45, 2.75) is 17.6 Å². The summed E-state index contributed by atoms with van der Waals surface area (Å²) in [5.74, 6) is -0.383. The van der Waals surface area contributed by atoms with E-state index in [0.29, 0.717) is 32.8 Å². The normalized spacial score (nSPS) is 11.9. The Labute approximate surface area is 239 Å². The lowest BCUT2D eigenvalue weighted by Gasteiger charge is -2.15. The maximum atomic E-state index is 13.9. The zero-order valence-corrected chi connectivity index (χ0v) is 23.0. The van der Waals surface area contributed by atoms with Crippen molar-refractivity contribution in [2.24, 2.45) is 0 Å². The topological polar surface area (TPSA) is 77.4 Å². The van der Waals surface area contributed by atoms with Gasteiger partial charge in [0.1, 0.15) is 11.4 Å². The number of ether oxygens (including phenoxy) is 1. The Balaban J connectivity index is 1.70. The maximum Gasteiger partial charge on any atom is 0.416 e. The number of benzene rings is 4. The smallest absolute Gasteiger partial charge is 0.416 e. The van der Waals surface area contributed by atoms with Crippen molar-refractivity contribution in [2.75, 3.05) is 7.11 Å². The third-order valence-electron chi connectivity index (χ3n) is 6.51. The van der Waals surface area contributed by atoms with Crippen LogP contribution in [-0.4, -0.2) is 26.0 Å². The quantitative estimate of drug-likeness (QED) is 0.216. The molecule has 0 fully saturated rings. The summed E-state index contributed by atoms with van der Waals surface area (Å²) in [6.45, 7) is -0.135. The molecule has 1 N–H and O–H groups in total. The van der Waals surface area contributed by atoms with Crippen LogP contribution >= 0.6 is 11.6 Å². The first-order chi connectivity index (χ1) is 19.5. The molecular weight excluding hydrogens is 577 g/mol. The molecule has 0 radical (unpaired) electrons. The number of carbonyl (C=O) groups is 1. The van der Waals surface area contributed by atoms with E-state index in [0.717, 1.165) is 12.1 Å². The number of hydrogen-bond acceptors (Lipinski definition) is 4. The van der Waals surface area contributed by atoms with Gasteiger partial charge in [-0.1, -0.05) is 54.1 Å². The first-order valence-corrected chi connectivity index (χ1v) is 14.1. The highest BCUT2D eigenvalue weighted by Crippen LogP contribution is 2.37.